The van der Waals surface area contributed by atoms with Gasteiger partial charge >= 0.3 is 0 Å². The maximum Gasteiger partial charge on any atom is 0.241 e. The van der Waals surface area contributed by atoms with E-state index in [1.807, 2.05) is 0 Å². The van der Waals surface area contributed by atoms with Crippen molar-refractivity contribution in [3.8, 4) is 0 Å². The second-order valence-corrected chi connectivity index (χ2v) is 5.19. The topological polar surface area (TPSA) is 87.1 Å². The van der Waals surface area contributed by atoms with Crippen LogP contribution in [0.3, 0.4) is 0 Å². The number of aromatic nitrogens is 2. The van der Waals surface area contributed by atoms with Gasteiger partial charge in [0.05, 0.1) is 12.0 Å². The van der Waals surface area contributed by atoms with E-state index in [1.165, 1.54) is 12.4 Å². The van der Waals surface area contributed by atoms with Crippen LogP contribution in [0, 0.1) is 0 Å². The fourth-order valence-electron chi connectivity index (χ4n) is 2.26. The Morgan fingerprint density at radius 1 is 1.32 bits per heavy atom. The van der Waals surface area contributed by atoms with Crippen molar-refractivity contribution < 1.29 is 9.90 Å². The van der Waals surface area contributed by atoms with E-state index in [4.69, 9.17) is 11.6 Å². The number of amides is 1. The molecule has 1 aromatic heterocycles. The second-order valence-electron chi connectivity index (χ2n) is 4.83. The first-order chi connectivity index (χ1) is 9.09. The van der Waals surface area contributed by atoms with Gasteiger partial charge in [0.25, 0.3) is 0 Å². The molecule has 6 nitrogen and oxygen atoms in total. The van der Waals surface area contributed by atoms with Gasteiger partial charge in [-0.05, 0) is 12.8 Å². The summed E-state index contributed by atoms with van der Waals surface area (Å²) in [6.45, 7) is 0. The van der Waals surface area contributed by atoms with Crippen molar-refractivity contribution in [1.29, 1.82) is 0 Å². The molecule has 19 heavy (non-hydrogen) atoms. The monoisotopic (exact) mass is 284 g/mol. The average molecular weight is 285 g/mol. The van der Waals surface area contributed by atoms with E-state index in [9.17, 15) is 9.90 Å². The highest BCUT2D eigenvalue weighted by Crippen LogP contribution is 2.30. The highest BCUT2D eigenvalue weighted by molar-refractivity contribution is 6.31. The summed E-state index contributed by atoms with van der Waals surface area (Å²) in [4.78, 5) is 19.5. The van der Waals surface area contributed by atoms with E-state index in [0.717, 1.165) is 19.3 Å². The average Bonchev–Trinajstić information content (AvgIpc) is 2.38. The first-order valence-corrected chi connectivity index (χ1v) is 6.71. The van der Waals surface area contributed by atoms with E-state index in [-0.39, 0.29) is 23.3 Å². The summed E-state index contributed by atoms with van der Waals surface area (Å²) < 4.78 is 0. The van der Waals surface area contributed by atoms with Gasteiger partial charge in [-0.1, -0.05) is 30.9 Å². The molecule has 1 saturated carbocycles. The van der Waals surface area contributed by atoms with Gasteiger partial charge < -0.3 is 5.11 Å². The molecule has 7 heteroatoms. The zero-order chi connectivity index (χ0) is 13.7. The van der Waals surface area contributed by atoms with E-state index in [1.54, 1.807) is 0 Å². The molecule has 2 rings (SSSR count). The maximum absolute atomic E-state index is 11.8. The molecule has 3 N–H and O–H groups in total. The lowest BCUT2D eigenvalue weighted by Crippen LogP contribution is -2.40. The first kappa shape index (κ1) is 14.0. The van der Waals surface area contributed by atoms with Crippen LogP contribution in [0.5, 0.6) is 0 Å². The number of rotatable bonds is 4. The van der Waals surface area contributed by atoms with Gasteiger partial charge in [-0.2, -0.15) is 0 Å². The fourth-order valence-corrected chi connectivity index (χ4v) is 2.42. The Kier molecular flexibility index (Phi) is 4.55. The van der Waals surface area contributed by atoms with Crippen molar-refractivity contribution in [1.82, 2.24) is 15.4 Å². The van der Waals surface area contributed by atoms with Crippen LogP contribution in [-0.4, -0.2) is 26.6 Å². The number of nitrogens with one attached hydrogen (secondary N) is 2. The summed E-state index contributed by atoms with van der Waals surface area (Å²) in [6, 6.07) is 0. The number of aliphatic hydroxyl groups is 1. The largest absolute Gasteiger partial charge is 0.389 e. The highest BCUT2D eigenvalue weighted by Gasteiger charge is 2.31. The van der Waals surface area contributed by atoms with E-state index in [2.05, 4.69) is 20.8 Å². The molecule has 1 aliphatic carbocycles. The molecule has 0 aromatic carbocycles. The molecular formula is C12H17ClN4O2. The summed E-state index contributed by atoms with van der Waals surface area (Å²) in [5, 5.41) is 10.4. The minimum Gasteiger partial charge on any atom is -0.389 e. The molecule has 104 valence electrons. The summed E-state index contributed by atoms with van der Waals surface area (Å²) in [7, 11) is 0. The Morgan fingerprint density at radius 2 is 2.00 bits per heavy atom. The van der Waals surface area contributed by atoms with E-state index in [0.29, 0.717) is 12.8 Å². The number of halogens is 1. The second kappa shape index (κ2) is 6.16. The fraction of sp³-hybridized carbons (Fsp3) is 0.583. The van der Waals surface area contributed by atoms with E-state index < -0.39 is 5.60 Å². The molecule has 1 heterocycles. The summed E-state index contributed by atoms with van der Waals surface area (Å²) in [5.74, 6) is -0.000676. The van der Waals surface area contributed by atoms with Gasteiger partial charge in [0, 0.05) is 12.4 Å². The van der Waals surface area contributed by atoms with Crippen LogP contribution in [0.1, 0.15) is 38.5 Å². The van der Waals surface area contributed by atoms with E-state index >= 15 is 0 Å². The number of carbonyl (C=O) groups is 1. The lowest BCUT2D eigenvalue weighted by molar-refractivity contribution is -0.126. The molecule has 0 unspecified atom stereocenters. The standard InChI is InChI=1S/C12H17ClN4O2/c13-10-11(15-7-6-14-10)17-16-9(18)8-12(19)4-2-1-3-5-12/h6-7,19H,1-5,8H2,(H,15,17)(H,16,18). The Bertz CT molecular complexity index is 449. The molecule has 0 spiro atoms. The smallest absolute Gasteiger partial charge is 0.241 e. The highest BCUT2D eigenvalue weighted by atomic mass is 35.5. The minimum atomic E-state index is -0.879. The predicted octanol–water partition coefficient (Wildman–Crippen LogP) is 1.66. The zero-order valence-corrected chi connectivity index (χ0v) is 11.3. The van der Waals surface area contributed by atoms with Gasteiger partial charge in [-0.25, -0.2) is 9.97 Å². The van der Waals surface area contributed by atoms with Gasteiger partial charge in [0.15, 0.2) is 11.0 Å². The Hall–Kier alpha value is -1.40. The quantitative estimate of drug-likeness (QED) is 0.732. The van der Waals surface area contributed by atoms with Gasteiger partial charge in [-0.3, -0.25) is 15.6 Å². The number of hydrogen-bond donors (Lipinski definition) is 3. The van der Waals surface area contributed by atoms with Crippen molar-refractivity contribution in [3.05, 3.63) is 17.5 Å². The predicted molar refractivity (Wildman–Crippen MR) is 71.5 cm³/mol. The van der Waals surface area contributed by atoms with Crippen LogP contribution in [0.4, 0.5) is 5.82 Å². The Labute approximate surface area is 116 Å². The molecule has 1 amide bonds. The van der Waals surface area contributed by atoms with Crippen molar-refractivity contribution in [2.75, 3.05) is 5.43 Å². The molecule has 1 fully saturated rings. The van der Waals surface area contributed by atoms with Crippen LogP contribution in [0.25, 0.3) is 0 Å². The van der Waals surface area contributed by atoms with Gasteiger partial charge in [0.1, 0.15) is 0 Å². The van der Waals surface area contributed by atoms with Crippen LogP contribution >= 0.6 is 11.6 Å². The third-order valence-corrected chi connectivity index (χ3v) is 3.52. The normalized spacial score (nSPS) is 17.8. The molecule has 0 saturated heterocycles. The molecule has 0 bridgehead atoms. The van der Waals surface area contributed by atoms with Crippen molar-refractivity contribution in [2.45, 2.75) is 44.1 Å². The lowest BCUT2D eigenvalue weighted by Gasteiger charge is -2.31. The summed E-state index contributed by atoms with van der Waals surface area (Å²) in [5.41, 5.74) is 4.20. The molecule has 0 aliphatic heterocycles. The lowest BCUT2D eigenvalue weighted by atomic mass is 9.82. The third-order valence-electron chi connectivity index (χ3n) is 3.25. The molecule has 1 aromatic rings. The summed E-state index contributed by atoms with van der Waals surface area (Å²) >= 11 is 5.79. The number of hydrogen-bond acceptors (Lipinski definition) is 5. The number of nitrogens with zero attached hydrogens (tertiary/aromatic N) is 2. The Balaban J connectivity index is 1.83. The molecular weight excluding hydrogens is 268 g/mol. The first-order valence-electron chi connectivity index (χ1n) is 6.33. The van der Waals surface area contributed by atoms with Crippen LogP contribution in [0.15, 0.2) is 12.4 Å². The van der Waals surface area contributed by atoms with Crippen molar-refractivity contribution in [2.24, 2.45) is 0 Å². The minimum absolute atomic E-state index is 0.0812. The number of anilines is 1. The van der Waals surface area contributed by atoms with Crippen LogP contribution in [-0.2, 0) is 4.79 Å². The van der Waals surface area contributed by atoms with Gasteiger partial charge in [-0.15, -0.1) is 0 Å². The number of hydrazine groups is 1. The van der Waals surface area contributed by atoms with Crippen LogP contribution in [0.2, 0.25) is 5.15 Å². The maximum atomic E-state index is 11.8. The molecule has 1 aliphatic rings. The van der Waals surface area contributed by atoms with Crippen molar-refractivity contribution >= 4 is 23.3 Å². The summed E-state index contributed by atoms with van der Waals surface area (Å²) in [6.07, 6.45) is 7.41. The Morgan fingerprint density at radius 3 is 2.68 bits per heavy atom. The zero-order valence-electron chi connectivity index (χ0n) is 10.5. The van der Waals surface area contributed by atoms with Crippen molar-refractivity contribution in [3.63, 3.8) is 0 Å². The SMILES string of the molecule is O=C(CC1(O)CCCCC1)NNc1nccnc1Cl. The molecule has 0 atom stereocenters. The third kappa shape index (κ3) is 4.04. The molecule has 0 radical (unpaired) electrons. The van der Waals surface area contributed by atoms with Crippen LogP contribution < -0.4 is 10.9 Å². The number of carbonyl (C=O) groups excluding carboxylic acids is 1. The van der Waals surface area contributed by atoms with Gasteiger partial charge in [0.2, 0.25) is 5.91 Å².